The summed E-state index contributed by atoms with van der Waals surface area (Å²) in [6.45, 7) is 6.95. The van der Waals surface area contributed by atoms with Crippen LogP contribution in [0, 0.1) is 5.82 Å². The fraction of sp³-hybridized carbons (Fsp3) is 0.333. The first-order valence-electron chi connectivity index (χ1n) is 6.83. The topological polar surface area (TPSA) is 49.8 Å². The van der Waals surface area contributed by atoms with Gasteiger partial charge in [-0.15, -0.1) is 0 Å². The molecule has 0 aliphatic rings. The van der Waals surface area contributed by atoms with Gasteiger partial charge in [-0.1, -0.05) is 13.8 Å². The van der Waals surface area contributed by atoms with Crippen LogP contribution < -0.4 is 10.6 Å². The Morgan fingerprint density at radius 3 is 2.57 bits per heavy atom. The second-order valence-electron chi connectivity index (χ2n) is 4.92. The zero-order chi connectivity index (χ0) is 15.4. The maximum atomic E-state index is 13.6. The molecule has 0 aliphatic heterocycles. The maximum Gasteiger partial charge on any atom is 0.139 e. The molecule has 0 spiro atoms. The highest BCUT2D eigenvalue weighted by Crippen LogP contribution is 2.31. The molecule has 0 bridgehead atoms. The largest absolute Gasteiger partial charge is 0.370 e. The minimum absolute atomic E-state index is 0.239. The summed E-state index contributed by atoms with van der Waals surface area (Å²) >= 11 is 3.15. The van der Waals surface area contributed by atoms with E-state index in [0.29, 0.717) is 16.0 Å². The van der Waals surface area contributed by atoms with E-state index in [-0.39, 0.29) is 11.7 Å². The van der Waals surface area contributed by atoms with Crippen molar-refractivity contribution in [3.05, 3.63) is 40.4 Å². The molecule has 112 valence electrons. The summed E-state index contributed by atoms with van der Waals surface area (Å²) in [4.78, 5) is 8.57. The van der Waals surface area contributed by atoms with Gasteiger partial charge in [-0.3, -0.25) is 0 Å². The van der Waals surface area contributed by atoms with Crippen molar-refractivity contribution in [2.75, 3.05) is 17.2 Å². The molecular weight excluding hydrogens is 335 g/mol. The molecule has 0 unspecified atom stereocenters. The first kappa shape index (κ1) is 15.7. The molecule has 0 saturated heterocycles. The Kier molecular flexibility index (Phi) is 5.12. The van der Waals surface area contributed by atoms with Gasteiger partial charge in [0.05, 0.1) is 4.47 Å². The smallest absolute Gasteiger partial charge is 0.139 e. The number of benzene rings is 1. The van der Waals surface area contributed by atoms with Crippen LogP contribution in [0.15, 0.2) is 29.0 Å². The van der Waals surface area contributed by atoms with Crippen LogP contribution in [0.5, 0.6) is 0 Å². The summed E-state index contributed by atoms with van der Waals surface area (Å²) in [5.41, 5.74) is 1.64. The van der Waals surface area contributed by atoms with Crippen molar-refractivity contribution in [1.82, 2.24) is 9.97 Å². The second-order valence-corrected chi connectivity index (χ2v) is 5.78. The Morgan fingerprint density at radius 1 is 1.24 bits per heavy atom. The Morgan fingerprint density at radius 2 is 1.95 bits per heavy atom. The van der Waals surface area contributed by atoms with E-state index in [0.717, 1.165) is 17.9 Å². The lowest BCUT2D eigenvalue weighted by molar-refractivity contribution is 0.622. The zero-order valence-corrected chi connectivity index (χ0v) is 13.8. The lowest BCUT2D eigenvalue weighted by Crippen LogP contribution is -2.09. The van der Waals surface area contributed by atoms with Crippen molar-refractivity contribution >= 4 is 33.3 Å². The molecule has 0 radical (unpaired) electrons. The molecule has 1 aromatic carbocycles. The molecule has 2 rings (SSSR count). The summed E-state index contributed by atoms with van der Waals surface area (Å²) in [5.74, 6) is 1.43. The molecule has 2 N–H and O–H groups in total. The van der Waals surface area contributed by atoms with Crippen LogP contribution in [0.2, 0.25) is 0 Å². The van der Waals surface area contributed by atoms with E-state index in [4.69, 9.17) is 0 Å². The van der Waals surface area contributed by atoms with E-state index in [9.17, 15) is 4.39 Å². The fourth-order valence-electron chi connectivity index (χ4n) is 2.06. The van der Waals surface area contributed by atoms with Gasteiger partial charge < -0.3 is 10.6 Å². The number of rotatable bonds is 5. The van der Waals surface area contributed by atoms with Gasteiger partial charge in [0, 0.05) is 17.8 Å². The first-order valence-corrected chi connectivity index (χ1v) is 7.63. The lowest BCUT2D eigenvalue weighted by atomic mass is 10.0. The number of nitrogens with one attached hydrogen (secondary N) is 2. The van der Waals surface area contributed by atoms with Crippen LogP contribution in [-0.4, -0.2) is 16.5 Å². The van der Waals surface area contributed by atoms with Crippen molar-refractivity contribution in [2.45, 2.75) is 26.7 Å². The van der Waals surface area contributed by atoms with Gasteiger partial charge in [-0.25, -0.2) is 14.4 Å². The Labute approximate surface area is 132 Å². The van der Waals surface area contributed by atoms with Gasteiger partial charge in [0.2, 0.25) is 0 Å². The van der Waals surface area contributed by atoms with Gasteiger partial charge in [-0.05, 0) is 47.0 Å². The van der Waals surface area contributed by atoms with Gasteiger partial charge in [0.15, 0.2) is 0 Å². The SMILES string of the molecule is CCNc1ncnc(Nc2ccc(Br)c(F)c2)c1C(C)C. The minimum Gasteiger partial charge on any atom is -0.370 e. The third kappa shape index (κ3) is 3.69. The highest BCUT2D eigenvalue weighted by molar-refractivity contribution is 9.10. The molecule has 4 nitrogen and oxygen atoms in total. The predicted octanol–water partition coefficient (Wildman–Crippen LogP) is 4.68. The molecule has 1 heterocycles. The van der Waals surface area contributed by atoms with Crippen LogP contribution in [0.4, 0.5) is 21.7 Å². The summed E-state index contributed by atoms with van der Waals surface area (Å²) in [7, 11) is 0. The molecule has 0 atom stereocenters. The summed E-state index contributed by atoms with van der Waals surface area (Å²) < 4.78 is 14.0. The molecule has 1 aromatic heterocycles. The monoisotopic (exact) mass is 352 g/mol. The number of hydrogen-bond acceptors (Lipinski definition) is 4. The van der Waals surface area contributed by atoms with Crippen molar-refractivity contribution in [3.8, 4) is 0 Å². The van der Waals surface area contributed by atoms with Crippen LogP contribution in [-0.2, 0) is 0 Å². The average Bonchev–Trinajstić information content (AvgIpc) is 2.43. The van der Waals surface area contributed by atoms with E-state index in [1.165, 1.54) is 12.4 Å². The number of hydrogen-bond donors (Lipinski definition) is 2. The molecule has 6 heteroatoms. The average molecular weight is 353 g/mol. The molecular formula is C15H18BrFN4. The quantitative estimate of drug-likeness (QED) is 0.820. The predicted molar refractivity (Wildman–Crippen MR) is 87.7 cm³/mol. The molecule has 2 aromatic rings. The molecule has 0 amide bonds. The van der Waals surface area contributed by atoms with E-state index in [1.54, 1.807) is 12.1 Å². The van der Waals surface area contributed by atoms with Crippen LogP contribution in [0.25, 0.3) is 0 Å². The molecule has 0 fully saturated rings. The van der Waals surface area contributed by atoms with Crippen molar-refractivity contribution in [2.24, 2.45) is 0 Å². The highest BCUT2D eigenvalue weighted by atomic mass is 79.9. The molecule has 21 heavy (non-hydrogen) atoms. The fourth-order valence-corrected chi connectivity index (χ4v) is 2.31. The standard InChI is InChI=1S/C15H18BrFN4/c1-4-18-14-13(9(2)3)15(20-8-19-14)21-10-5-6-11(16)12(17)7-10/h5-9H,4H2,1-3H3,(H2,18,19,20,21). The van der Waals surface area contributed by atoms with Crippen molar-refractivity contribution in [1.29, 1.82) is 0 Å². The number of aromatic nitrogens is 2. The van der Waals surface area contributed by atoms with E-state index in [2.05, 4.69) is 50.4 Å². The van der Waals surface area contributed by atoms with Gasteiger partial charge in [-0.2, -0.15) is 0 Å². The Bertz CT molecular complexity index is 631. The van der Waals surface area contributed by atoms with E-state index in [1.807, 2.05) is 6.92 Å². The van der Waals surface area contributed by atoms with Crippen LogP contribution in [0.3, 0.4) is 0 Å². The van der Waals surface area contributed by atoms with E-state index < -0.39 is 0 Å². The summed E-state index contributed by atoms with van der Waals surface area (Å²) in [6, 6.07) is 4.90. The van der Waals surface area contributed by atoms with Crippen LogP contribution in [0.1, 0.15) is 32.3 Å². The third-order valence-electron chi connectivity index (χ3n) is 2.99. The Hall–Kier alpha value is -1.69. The minimum atomic E-state index is -0.313. The van der Waals surface area contributed by atoms with Crippen molar-refractivity contribution in [3.63, 3.8) is 0 Å². The second kappa shape index (κ2) is 6.85. The molecule has 0 saturated carbocycles. The number of halogens is 2. The zero-order valence-electron chi connectivity index (χ0n) is 12.2. The lowest BCUT2D eigenvalue weighted by Gasteiger charge is -2.17. The van der Waals surface area contributed by atoms with E-state index >= 15 is 0 Å². The van der Waals surface area contributed by atoms with Crippen molar-refractivity contribution < 1.29 is 4.39 Å². The summed E-state index contributed by atoms with van der Waals surface area (Å²) in [6.07, 6.45) is 1.50. The number of nitrogens with zero attached hydrogens (tertiary/aromatic N) is 2. The number of anilines is 3. The molecule has 0 aliphatic carbocycles. The Balaban J connectivity index is 2.38. The normalized spacial score (nSPS) is 10.8. The van der Waals surface area contributed by atoms with Gasteiger partial charge >= 0.3 is 0 Å². The van der Waals surface area contributed by atoms with Gasteiger partial charge in [0.1, 0.15) is 23.8 Å². The van der Waals surface area contributed by atoms with Gasteiger partial charge in [0.25, 0.3) is 0 Å². The third-order valence-corrected chi connectivity index (χ3v) is 3.63. The summed E-state index contributed by atoms with van der Waals surface area (Å²) in [5, 5.41) is 6.40. The highest BCUT2D eigenvalue weighted by Gasteiger charge is 2.15. The maximum absolute atomic E-state index is 13.6. The first-order chi connectivity index (χ1) is 10.0. The van der Waals surface area contributed by atoms with Crippen LogP contribution >= 0.6 is 15.9 Å².